The number of hydrogen-bond acceptors (Lipinski definition) is 7. The molecule has 1 aromatic heterocycles. The molecule has 3 aromatic carbocycles. The van der Waals surface area contributed by atoms with Crippen LogP contribution in [0.1, 0.15) is 30.3 Å². The van der Waals surface area contributed by atoms with Gasteiger partial charge in [0.1, 0.15) is 18.7 Å². The summed E-state index contributed by atoms with van der Waals surface area (Å²) in [5.74, 6) is 1.76. The number of carbonyl (C=O) groups excluding carboxylic acids is 1. The number of aryl methyl sites for hydroxylation is 2. The number of urea groups is 1. The van der Waals surface area contributed by atoms with Crippen molar-refractivity contribution in [3.05, 3.63) is 89.8 Å². The quantitative estimate of drug-likeness (QED) is 0.0815. The van der Waals surface area contributed by atoms with E-state index in [1.165, 1.54) is 47.0 Å². The molecule has 45 heavy (non-hydrogen) atoms. The number of nitrogens with zero attached hydrogens (tertiary/aromatic N) is 4. The van der Waals surface area contributed by atoms with Crippen LogP contribution in [0.4, 0.5) is 33.7 Å². The van der Waals surface area contributed by atoms with E-state index in [1.807, 2.05) is 25.1 Å². The first-order valence-corrected chi connectivity index (χ1v) is 14.5. The minimum Gasteiger partial charge on any atom is -0.482 e. The number of amidine groups is 1. The number of anilines is 1. The van der Waals surface area contributed by atoms with Gasteiger partial charge in [-0.1, -0.05) is 43.2 Å². The molecule has 0 unspecified atom stereocenters. The molecular weight excluding hydrogens is 612 g/mol. The van der Waals surface area contributed by atoms with E-state index in [4.69, 9.17) is 11.2 Å². The summed E-state index contributed by atoms with van der Waals surface area (Å²) in [5.41, 5.74) is 3.39. The van der Waals surface area contributed by atoms with E-state index in [9.17, 15) is 22.4 Å². The topological polar surface area (TPSA) is 103 Å². The number of hydrogen-bond donors (Lipinski definition) is 2. The number of ether oxygens (including phenoxy) is 2. The summed E-state index contributed by atoms with van der Waals surface area (Å²) in [7, 11) is 0. The molecule has 4 rings (SSSR count). The van der Waals surface area contributed by atoms with E-state index in [1.54, 1.807) is 0 Å². The molecule has 0 radical (unpaired) electrons. The molecular formula is C31H28F4N6O3S. The van der Waals surface area contributed by atoms with Crippen molar-refractivity contribution >= 4 is 34.3 Å². The second-order valence-electron chi connectivity index (χ2n) is 9.45. The lowest BCUT2D eigenvalue weighted by Crippen LogP contribution is -2.32. The highest BCUT2D eigenvalue weighted by molar-refractivity contribution is 8.14. The molecule has 2 amide bonds. The van der Waals surface area contributed by atoms with Crippen LogP contribution in [0.15, 0.2) is 72.0 Å². The maximum absolute atomic E-state index is 14.8. The van der Waals surface area contributed by atoms with Gasteiger partial charge in [-0.15, -0.1) is 24.7 Å². The number of aromatic nitrogens is 3. The molecule has 0 atom stereocenters. The third-order valence-corrected chi connectivity index (χ3v) is 6.69. The SMILES string of the molecule is C#CCSC(=Nc1cc(C)ccc1CCC)NC(=O)Nc1ccc(OCc2ncn(-c3ccc(OC(F)(F)F)cc3)n2)c(F)c1. The van der Waals surface area contributed by atoms with Crippen LogP contribution in [0.2, 0.25) is 0 Å². The number of halogens is 4. The summed E-state index contributed by atoms with van der Waals surface area (Å²) >= 11 is 1.19. The molecule has 0 aliphatic carbocycles. The highest BCUT2D eigenvalue weighted by Crippen LogP contribution is 2.26. The fourth-order valence-electron chi connectivity index (χ4n) is 3.96. The number of nitrogens with one attached hydrogen (secondary N) is 2. The summed E-state index contributed by atoms with van der Waals surface area (Å²) in [4.78, 5) is 21.5. The van der Waals surface area contributed by atoms with Crippen LogP contribution in [0, 0.1) is 25.1 Å². The van der Waals surface area contributed by atoms with Crippen LogP contribution in [0.5, 0.6) is 11.5 Å². The van der Waals surface area contributed by atoms with Crippen molar-refractivity contribution in [2.45, 2.75) is 39.7 Å². The van der Waals surface area contributed by atoms with Crippen molar-refractivity contribution in [1.82, 2.24) is 20.1 Å². The van der Waals surface area contributed by atoms with E-state index in [2.05, 4.69) is 43.3 Å². The molecule has 234 valence electrons. The van der Waals surface area contributed by atoms with E-state index in [0.717, 1.165) is 47.9 Å². The first-order chi connectivity index (χ1) is 21.5. The second-order valence-corrected chi connectivity index (χ2v) is 10.4. The number of aliphatic imine (C=N–C) groups is 1. The molecule has 0 saturated carbocycles. The lowest BCUT2D eigenvalue weighted by Gasteiger charge is -2.12. The molecule has 0 aliphatic rings. The number of carbonyl (C=O) groups is 1. The van der Waals surface area contributed by atoms with Crippen LogP contribution >= 0.6 is 11.8 Å². The van der Waals surface area contributed by atoms with Crippen molar-refractivity contribution in [2.75, 3.05) is 11.1 Å². The Balaban J connectivity index is 1.36. The molecule has 0 spiro atoms. The summed E-state index contributed by atoms with van der Waals surface area (Å²) < 4.78 is 62.6. The van der Waals surface area contributed by atoms with Crippen LogP contribution in [0.3, 0.4) is 0 Å². The van der Waals surface area contributed by atoms with Crippen LogP contribution in [-0.2, 0) is 13.0 Å². The first-order valence-electron chi connectivity index (χ1n) is 13.5. The van der Waals surface area contributed by atoms with E-state index in [0.29, 0.717) is 10.9 Å². The molecule has 0 fully saturated rings. The van der Waals surface area contributed by atoms with Crippen LogP contribution < -0.4 is 20.1 Å². The summed E-state index contributed by atoms with van der Waals surface area (Å²) in [6.07, 6.45) is 3.71. The number of amides is 2. The Kier molecular flexibility index (Phi) is 11.0. The minimum atomic E-state index is -4.80. The van der Waals surface area contributed by atoms with Gasteiger partial charge >= 0.3 is 12.4 Å². The predicted octanol–water partition coefficient (Wildman–Crippen LogP) is 7.32. The zero-order valence-corrected chi connectivity index (χ0v) is 25.0. The van der Waals surface area contributed by atoms with Gasteiger partial charge in [-0.25, -0.2) is 23.8 Å². The standard InChI is InChI=1S/C31H28F4N6O3S/c1-4-6-21-8-7-20(3)16-26(21)38-30(45-15-5-2)39-29(42)37-22-9-14-27(25(32)17-22)43-18-28-36-19-41(40-28)23-10-12-24(13-11-23)44-31(33,34)35/h2,7-14,16-17,19H,4,6,15,18H2,1,3H3,(H2,37,38,39,42). The third-order valence-electron chi connectivity index (χ3n) is 5.92. The fraction of sp³-hybridized carbons (Fsp3) is 0.226. The lowest BCUT2D eigenvalue weighted by atomic mass is 10.1. The number of alkyl halides is 3. The highest BCUT2D eigenvalue weighted by Gasteiger charge is 2.31. The summed E-state index contributed by atoms with van der Waals surface area (Å²) in [6.45, 7) is 3.83. The fourth-order valence-corrected chi connectivity index (χ4v) is 4.51. The second kappa shape index (κ2) is 15.1. The number of terminal acetylenes is 1. The molecule has 9 nitrogen and oxygen atoms in total. The van der Waals surface area contributed by atoms with Gasteiger partial charge in [0, 0.05) is 11.8 Å². The smallest absolute Gasteiger partial charge is 0.482 e. The zero-order valence-electron chi connectivity index (χ0n) is 24.2. The third kappa shape index (κ3) is 10.0. The summed E-state index contributed by atoms with van der Waals surface area (Å²) in [6, 6.07) is 14.2. The van der Waals surface area contributed by atoms with Gasteiger partial charge in [-0.2, -0.15) is 0 Å². The van der Waals surface area contributed by atoms with Gasteiger partial charge in [0.2, 0.25) is 0 Å². The molecule has 0 aliphatic heterocycles. The van der Waals surface area contributed by atoms with Crippen molar-refractivity contribution in [1.29, 1.82) is 0 Å². The Morgan fingerprint density at radius 1 is 1.13 bits per heavy atom. The average molecular weight is 641 g/mol. The first kappa shape index (κ1) is 32.9. The van der Waals surface area contributed by atoms with Gasteiger partial charge < -0.3 is 14.8 Å². The largest absolute Gasteiger partial charge is 0.573 e. The van der Waals surface area contributed by atoms with Crippen molar-refractivity contribution in [3.8, 4) is 29.5 Å². The maximum atomic E-state index is 14.8. The molecule has 2 N–H and O–H groups in total. The van der Waals surface area contributed by atoms with E-state index in [-0.39, 0.29) is 35.4 Å². The Morgan fingerprint density at radius 2 is 1.91 bits per heavy atom. The Labute approximate surface area is 261 Å². The number of thioether (sulfide) groups is 1. The Morgan fingerprint density at radius 3 is 2.60 bits per heavy atom. The maximum Gasteiger partial charge on any atom is 0.573 e. The minimum absolute atomic E-state index is 0.110. The number of benzene rings is 3. The molecule has 1 heterocycles. The van der Waals surface area contributed by atoms with Gasteiger partial charge in [0.25, 0.3) is 0 Å². The Bertz CT molecular complexity index is 1700. The molecule has 14 heteroatoms. The highest BCUT2D eigenvalue weighted by atomic mass is 32.2. The summed E-state index contributed by atoms with van der Waals surface area (Å²) in [5, 5.41) is 9.75. The van der Waals surface area contributed by atoms with Crippen molar-refractivity contribution in [3.63, 3.8) is 0 Å². The Hall–Kier alpha value is -5.03. The predicted molar refractivity (Wildman–Crippen MR) is 164 cm³/mol. The van der Waals surface area contributed by atoms with Gasteiger partial charge in [0.15, 0.2) is 22.6 Å². The van der Waals surface area contributed by atoms with Gasteiger partial charge in [0.05, 0.1) is 17.1 Å². The van der Waals surface area contributed by atoms with E-state index < -0.39 is 18.2 Å². The van der Waals surface area contributed by atoms with Crippen molar-refractivity contribution in [2.24, 2.45) is 4.99 Å². The molecule has 4 aromatic rings. The monoisotopic (exact) mass is 640 g/mol. The van der Waals surface area contributed by atoms with Gasteiger partial charge in [-0.3, -0.25) is 5.32 Å². The lowest BCUT2D eigenvalue weighted by molar-refractivity contribution is -0.274. The van der Waals surface area contributed by atoms with Gasteiger partial charge in [-0.05, 0) is 66.9 Å². The zero-order chi connectivity index (χ0) is 32.4. The van der Waals surface area contributed by atoms with Crippen LogP contribution in [0.25, 0.3) is 5.69 Å². The van der Waals surface area contributed by atoms with E-state index >= 15 is 0 Å². The molecule has 0 bridgehead atoms. The normalized spacial score (nSPS) is 11.5. The molecule has 0 saturated heterocycles. The van der Waals surface area contributed by atoms with Crippen LogP contribution in [-0.4, -0.2) is 38.1 Å². The van der Waals surface area contributed by atoms with Crippen molar-refractivity contribution < 1.29 is 31.8 Å². The average Bonchev–Trinajstić information content (AvgIpc) is 3.45. The number of rotatable bonds is 10.